The van der Waals surface area contributed by atoms with Gasteiger partial charge in [0.2, 0.25) is 11.1 Å². The number of thioether (sulfide) groups is 1. The number of rotatable bonds is 10. The smallest absolute Gasteiger partial charge is 0.230 e. The van der Waals surface area contributed by atoms with Gasteiger partial charge in [0.05, 0.1) is 18.6 Å². The van der Waals surface area contributed by atoms with Crippen molar-refractivity contribution in [2.45, 2.75) is 37.8 Å². The summed E-state index contributed by atoms with van der Waals surface area (Å²) in [5.74, 6) is 1.06. The molecule has 0 saturated carbocycles. The minimum atomic E-state index is 0.000722. The van der Waals surface area contributed by atoms with E-state index in [4.69, 9.17) is 4.74 Å². The molecule has 1 N–H and O–H groups in total. The number of nitrogens with zero attached hydrogens (tertiary/aromatic N) is 4. The summed E-state index contributed by atoms with van der Waals surface area (Å²) in [5, 5.41) is 15.2. The SMILES string of the molecule is CCCCCCNC(=O)CSc1nnnn1-c1ccc(OC)cc1. The molecule has 0 unspecified atom stereocenters. The Morgan fingerprint density at radius 3 is 2.75 bits per heavy atom. The molecule has 2 rings (SSSR count). The van der Waals surface area contributed by atoms with E-state index in [1.54, 1.807) is 11.8 Å². The third-order valence-corrected chi connectivity index (χ3v) is 4.36. The molecule has 1 amide bonds. The van der Waals surface area contributed by atoms with Gasteiger partial charge in [0.15, 0.2) is 0 Å². The van der Waals surface area contributed by atoms with Crippen LogP contribution in [-0.2, 0) is 4.79 Å². The van der Waals surface area contributed by atoms with Crippen LogP contribution in [0.1, 0.15) is 32.6 Å². The van der Waals surface area contributed by atoms with Crippen molar-refractivity contribution in [1.29, 1.82) is 0 Å². The number of amides is 1. The fourth-order valence-corrected chi connectivity index (χ4v) is 2.84. The lowest BCUT2D eigenvalue weighted by Crippen LogP contribution is -2.26. The van der Waals surface area contributed by atoms with E-state index in [-0.39, 0.29) is 5.91 Å². The molecule has 0 atom stereocenters. The minimum Gasteiger partial charge on any atom is -0.497 e. The van der Waals surface area contributed by atoms with E-state index < -0.39 is 0 Å². The molecule has 0 radical (unpaired) electrons. The Hall–Kier alpha value is -2.09. The van der Waals surface area contributed by atoms with Crippen LogP contribution < -0.4 is 10.1 Å². The number of methoxy groups -OCH3 is 1. The van der Waals surface area contributed by atoms with E-state index in [0.717, 1.165) is 30.8 Å². The highest BCUT2D eigenvalue weighted by Gasteiger charge is 2.11. The van der Waals surface area contributed by atoms with Crippen molar-refractivity contribution in [2.75, 3.05) is 19.4 Å². The average molecular weight is 349 g/mol. The van der Waals surface area contributed by atoms with Crippen LogP contribution in [0.4, 0.5) is 0 Å². The number of tetrazole rings is 1. The molecule has 8 heteroatoms. The maximum absolute atomic E-state index is 11.9. The molecule has 0 saturated heterocycles. The van der Waals surface area contributed by atoms with Crippen molar-refractivity contribution in [3.05, 3.63) is 24.3 Å². The number of benzene rings is 1. The quantitative estimate of drug-likeness (QED) is 0.524. The molecule has 130 valence electrons. The minimum absolute atomic E-state index is 0.000722. The first kappa shape index (κ1) is 18.3. The van der Waals surface area contributed by atoms with Gasteiger partial charge in [-0.1, -0.05) is 37.9 Å². The van der Waals surface area contributed by atoms with Crippen molar-refractivity contribution in [1.82, 2.24) is 25.5 Å². The monoisotopic (exact) mass is 349 g/mol. The summed E-state index contributed by atoms with van der Waals surface area (Å²) < 4.78 is 6.75. The molecule has 1 aromatic heterocycles. The Balaban J connectivity index is 1.83. The van der Waals surface area contributed by atoms with Crippen LogP contribution in [-0.4, -0.2) is 45.5 Å². The van der Waals surface area contributed by atoms with Gasteiger partial charge in [0.1, 0.15) is 5.75 Å². The predicted molar refractivity (Wildman–Crippen MR) is 93.6 cm³/mol. The first-order valence-electron chi connectivity index (χ1n) is 8.07. The lowest BCUT2D eigenvalue weighted by atomic mass is 10.2. The van der Waals surface area contributed by atoms with E-state index in [1.165, 1.54) is 24.6 Å². The Bertz CT molecular complexity index is 630. The number of aromatic nitrogens is 4. The van der Waals surface area contributed by atoms with Gasteiger partial charge in [-0.05, 0) is 41.1 Å². The molecule has 1 heterocycles. The number of carbonyl (C=O) groups is 1. The molecular formula is C16H23N5O2S. The Morgan fingerprint density at radius 1 is 1.25 bits per heavy atom. The summed E-state index contributed by atoms with van der Waals surface area (Å²) >= 11 is 1.32. The normalized spacial score (nSPS) is 10.6. The average Bonchev–Trinajstić information content (AvgIpc) is 3.08. The number of ether oxygens (including phenoxy) is 1. The Labute approximate surface area is 146 Å². The van der Waals surface area contributed by atoms with Crippen molar-refractivity contribution in [3.8, 4) is 11.4 Å². The summed E-state index contributed by atoms with van der Waals surface area (Å²) in [6.45, 7) is 2.89. The zero-order valence-corrected chi connectivity index (χ0v) is 14.9. The number of hydrogen-bond donors (Lipinski definition) is 1. The lowest BCUT2D eigenvalue weighted by molar-refractivity contribution is -0.118. The molecule has 2 aromatic rings. The van der Waals surface area contributed by atoms with E-state index in [1.807, 2.05) is 24.3 Å². The second-order valence-electron chi connectivity index (χ2n) is 5.27. The number of hydrogen-bond acceptors (Lipinski definition) is 6. The van der Waals surface area contributed by atoms with Crippen LogP contribution in [0, 0.1) is 0 Å². The first-order chi connectivity index (χ1) is 11.7. The van der Waals surface area contributed by atoms with Crippen molar-refractivity contribution in [2.24, 2.45) is 0 Å². The standard InChI is InChI=1S/C16H23N5O2S/c1-3-4-5-6-11-17-15(22)12-24-16-18-19-20-21(16)13-7-9-14(23-2)10-8-13/h7-10H,3-6,11-12H2,1-2H3,(H,17,22). The summed E-state index contributed by atoms with van der Waals surface area (Å²) in [7, 11) is 1.62. The molecule has 24 heavy (non-hydrogen) atoms. The zero-order valence-electron chi connectivity index (χ0n) is 14.1. The number of unbranched alkanes of at least 4 members (excludes halogenated alkanes) is 3. The molecule has 7 nitrogen and oxygen atoms in total. The number of carbonyl (C=O) groups excluding carboxylic acids is 1. The van der Waals surface area contributed by atoms with E-state index in [9.17, 15) is 4.79 Å². The second-order valence-corrected chi connectivity index (χ2v) is 6.21. The Morgan fingerprint density at radius 2 is 2.04 bits per heavy atom. The van der Waals surface area contributed by atoms with Crippen LogP contribution in [0.15, 0.2) is 29.4 Å². The van der Waals surface area contributed by atoms with Gasteiger partial charge >= 0.3 is 0 Å². The van der Waals surface area contributed by atoms with Gasteiger partial charge in [-0.25, -0.2) is 0 Å². The maximum atomic E-state index is 11.9. The van der Waals surface area contributed by atoms with Gasteiger partial charge in [-0.15, -0.1) is 5.10 Å². The molecule has 0 aliphatic rings. The van der Waals surface area contributed by atoms with Crippen LogP contribution >= 0.6 is 11.8 Å². The molecule has 0 aliphatic carbocycles. The molecule has 0 aliphatic heterocycles. The molecule has 0 fully saturated rings. The summed E-state index contributed by atoms with van der Waals surface area (Å²) in [5.41, 5.74) is 0.822. The third kappa shape index (κ3) is 5.52. The summed E-state index contributed by atoms with van der Waals surface area (Å²) in [6.07, 6.45) is 4.58. The highest BCUT2D eigenvalue weighted by Crippen LogP contribution is 2.20. The largest absolute Gasteiger partial charge is 0.497 e. The van der Waals surface area contributed by atoms with Crippen LogP contribution in [0.3, 0.4) is 0 Å². The zero-order chi connectivity index (χ0) is 17.2. The highest BCUT2D eigenvalue weighted by atomic mass is 32.2. The lowest BCUT2D eigenvalue weighted by Gasteiger charge is -2.06. The second kappa shape index (κ2) is 9.92. The van der Waals surface area contributed by atoms with Crippen molar-refractivity contribution >= 4 is 17.7 Å². The highest BCUT2D eigenvalue weighted by molar-refractivity contribution is 7.99. The van der Waals surface area contributed by atoms with E-state index >= 15 is 0 Å². The van der Waals surface area contributed by atoms with Gasteiger partial charge in [0, 0.05) is 6.54 Å². The van der Waals surface area contributed by atoms with Gasteiger partial charge in [-0.3, -0.25) is 4.79 Å². The Kier molecular flexibility index (Phi) is 7.54. The van der Waals surface area contributed by atoms with E-state index in [0.29, 0.717) is 10.9 Å². The van der Waals surface area contributed by atoms with E-state index in [2.05, 4.69) is 27.8 Å². The summed E-state index contributed by atoms with van der Waals surface area (Å²) in [4.78, 5) is 11.9. The molecular weight excluding hydrogens is 326 g/mol. The topological polar surface area (TPSA) is 81.9 Å². The fourth-order valence-electron chi connectivity index (χ4n) is 2.12. The molecule has 1 aromatic carbocycles. The van der Waals surface area contributed by atoms with Gasteiger partial charge < -0.3 is 10.1 Å². The van der Waals surface area contributed by atoms with Crippen molar-refractivity contribution in [3.63, 3.8) is 0 Å². The first-order valence-corrected chi connectivity index (χ1v) is 9.05. The van der Waals surface area contributed by atoms with Gasteiger partial charge in [-0.2, -0.15) is 4.68 Å². The van der Waals surface area contributed by atoms with Crippen molar-refractivity contribution < 1.29 is 9.53 Å². The van der Waals surface area contributed by atoms with Crippen LogP contribution in [0.25, 0.3) is 5.69 Å². The van der Waals surface area contributed by atoms with Crippen LogP contribution in [0.5, 0.6) is 5.75 Å². The third-order valence-electron chi connectivity index (χ3n) is 3.44. The predicted octanol–water partition coefficient (Wildman–Crippen LogP) is 2.46. The maximum Gasteiger partial charge on any atom is 0.230 e. The van der Waals surface area contributed by atoms with Gasteiger partial charge in [0.25, 0.3) is 0 Å². The van der Waals surface area contributed by atoms with Crippen LogP contribution in [0.2, 0.25) is 0 Å². The number of nitrogens with one attached hydrogen (secondary N) is 1. The fraction of sp³-hybridized carbons (Fsp3) is 0.500. The molecule has 0 bridgehead atoms. The summed E-state index contributed by atoms with van der Waals surface area (Å²) in [6, 6.07) is 7.42. The molecule has 0 spiro atoms.